The van der Waals surface area contributed by atoms with E-state index in [9.17, 15) is 4.79 Å². The quantitative estimate of drug-likeness (QED) is 0.336. The van der Waals surface area contributed by atoms with E-state index in [2.05, 4.69) is 18.2 Å². The molecule has 11 heavy (non-hydrogen) atoms. The number of carbonyl (C=O) groups excluding carboxylic acids is 1. The summed E-state index contributed by atoms with van der Waals surface area (Å²) >= 11 is 0. The highest BCUT2D eigenvalue weighted by Crippen LogP contribution is 2.19. The van der Waals surface area contributed by atoms with Crippen LogP contribution in [0.25, 0.3) is 0 Å². The van der Waals surface area contributed by atoms with Crippen molar-refractivity contribution < 1.29 is 4.79 Å². The highest BCUT2D eigenvalue weighted by Gasteiger charge is 2.05. The lowest BCUT2D eigenvalue weighted by atomic mass is 9.93. The van der Waals surface area contributed by atoms with E-state index in [1.165, 1.54) is 6.42 Å². The zero-order valence-corrected chi connectivity index (χ0v) is 6.92. The minimum atomic E-state index is 0.602. The fourth-order valence-corrected chi connectivity index (χ4v) is 1.38. The minimum Gasteiger partial charge on any atom is -0.298 e. The van der Waals surface area contributed by atoms with Gasteiger partial charge in [0.1, 0.15) is 6.29 Å². The van der Waals surface area contributed by atoms with Gasteiger partial charge in [-0.25, -0.2) is 0 Å². The Morgan fingerprint density at radius 3 is 2.91 bits per heavy atom. The molecule has 1 aliphatic carbocycles. The van der Waals surface area contributed by atoms with Gasteiger partial charge in [-0.1, -0.05) is 18.2 Å². The normalized spacial score (nSPS) is 25.2. The van der Waals surface area contributed by atoms with Crippen molar-refractivity contribution in [1.29, 1.82) is 0 Å². The molecule has 1 rings (SSSR count). The van der Waals surface area contributed by atoms with Crippen molar-refractivity contribution in [3.8, 4) is 0 Å². The number of hydrogen-bond donors (Lipinski definition) is 0. The van der Waals surface area contributed by atoms with Gasteiger partial charge in [0, 0.05) is 0 Å². The van der Waals surface area contributed by atoms with Gasteiger partial charge in [-0.3, -0.25) is 4.79 Å². The fourth-order valence-electron chi connectivity index (χ4n) is 1.38. The number of aldehydes is 1. The van der Waals surface area contributed by atoms with E-state index in [1.54, 1.807) is 0 Å². The van der Waals surface area contributed by atoms with E-state index in [0.717, 1.165) is 24.7 Å². The molecule has 0 spiro atoms. The molecule has 60 valence electrons. The maximum Gasteiger partial charge on any atom is 0.145 e. The van der Waals surface area contributed by atoms with Gasteiger partial charge >= 0.3 is 0 Å². The largest absolute Gasteiger partial charge is 0.298 e. The number of rotatable bonds is 2. The summed E-state index contributed by atoms with van der Waals surface area (Å²) < 4.78 is 0. The van der Waals surface area contributed by atoms with Crippen LogP contribution in [0.2, 0.25) is 0 Å². The SMILES string of the molecule is C/C(C=O)=C\[C@@H]1CC=CCC1. The van der Waals surface area contributed by atoms with Crippen LogP contribution < -0.4 is 0 Å². The Bertz CT molecular complexity index is 189. The van der Waals surface area contributed by atoms with Crippen LogP contribution in [-0.4, -0.2) is 6.29 Å². The van der Waals surface area contributed by atoms with Gasteiger partial charge in [-0.15, -0.1) is 0 Å². The van der Waals surface area contributed by atoms with E-state index >= 15 is 0 Å². The Balaban J connectivity index is 2.48. The van der Waals surface area contributed by atoms with Crippen LogP contribution in [0.4, 0.5) is 0 Å². The van der Waals surface area contributed by atoms with E-state index < -0.39 is 0 Å². The standard InChI is InChI=1S/C10H14O/c1-9(8-11)7-10-5-3-2-4-6-10/h2-3,7-8,10H,4-6H2,1H3/b9-7+/t10-/m1/s1. The molecule has 0 aromatic rings. The third-order valence-corrected chi connectivity index (χ3v) is 1.99. The Morgan fingerprint density at radius 2 is 2.36 bits per heavy atom. The molecule has 0 N–H and O–H groups in total. The van der Waals surface area contributed by atoms with Crippen LogP contribution in [0.3, 0.4) is 0 Å². The predicted octanol–water partition coefficient (Wildman–Crippen LogP) is 2.49. The molecule has 1 atom stereocenters. The predicted molar refractivity (Wildman–Crippen MR) is 46.3 cm³/mol. The van der Waals surface area contributed by atoms with E-state index in [-0.39, 0.29) is 0 Å². The Morgan fingerprint density at radius 1 is 1.55 bits per heavy atom. The van der Waals surface area contributed by atoms with Gasteiger partial charge in [-0.05, 0) is 37.7 Å². The molecular formula is C10H14O. The van der Waals surface area contributed by atoms with Gasteiger partial charge in [0.15, 0.2) is 0 Å². The Labute approximate surface area is 67.8 Å². The third-order valence-electron chi connectivity index (χ3n) is 1.99. The van der Waals surface area contributed by atoms with Gasteiger partial charge < -0.3 is 0 Å². The summed E-state index contributed by atoms with van der Waals surface area (Å²) in [5.41, 5.74) is 0.866. The highest BCUT2D eigenvalue weighted by molar-refractivity contribution is 5.72. The third kappa shape index (κ3) is 2.71. The molecule has 0 aromatic heterocycles. The first-order valence-electron chi connectivity index (χ1n) is 4.11. The van der Waals surface area contributed by atoms with Crippen LogP contribution in [0.5, 0.6) is 0 Å². The molecule has 1 aliphatic rings. The van der Waals surface area contributed by atoms with Gasteiger partial charge in [-0.2, -0.15) is 0 Å². The van der Waals surface area contributed by atoms with Crippen molar-refractivity contribution in [2.24, 2.45) is 5.92 Å². The smallest absolute Gasteiger partial charge is 0.145 e. The minimum absolute atomic E-state index is 0.602. The molecule has 0 radical (unpaired) electrons. The second-order valence-corrected chi connectivity index (χ2v) is 3.07. The Kier molecular flexibility index (Phi) is 3.09. The maximum atomic E-state index is 10.3. The molecule has 0 saturated heterocycles. The lowest BCUT2D eigenvalue weighted by Gasteiger charge is -2.12. The molecule has 0 aliphatic heterocycles. The summed E-state index contributed by atoms with van der Waals surface area (Å²) in [4.78, 5) is 10.3. The first-order chi connectivity index (χ1) is 5.33. The topological polar surface area (TPSA) is 17.1 Å². The van der Waals surface area contributed by atoms with Gasteiger partial charge in [0.2, 0.25) is 0 Å². The zero-order chi connectivity index (χ0) is 8.10. The van der Waals surface area contributed by atoms with Crippen LogP contribution in [-0.2, 0) is 4.79 Å². The van der Waals surface area contributed by atoms with Crippen molar-refractivity contribution in [2.75, 3.05) is 0 Å². The van der Waals surface area contributed by atoms with E-state index in [0.29, 0.717) is 5.92 Å². The van der Waals surface area contributed by atoms with Crippen molar-refractivity contribution >= 4 is 6.29 Å². The van der Waals surface area contributed by atoms with Crippen LogP contribution in [0.1, 0.15) is 26.2 Å². The van der Waals surface area contributed by atoms with Crippen LogP contribution in [0, 0.1) is 5.92 Å². The molecule has 1 nitrogen and oxygen atoms in total. The molecule has 0 fully saturated rings. The van der Waals surface area contributed by atoms with E-state index in [4.69, 9.17) is 0 Å². The summed E-state index contributed by atoms with van der Waals surface area (Å²) in [5, 5.41) is 0. The Hall–Kier alpha value is -0.850. The lowest BCUT2D eigenvalue weighted by molar-refractivity contribution is -0.104. The first kappa shape index (κ1) is 8.25. The fraction of sp³-hybridized carbons (Fsp3) is 0.500. The zero-order valence-electron chi connectivity index (χ0n) is 6.92. The van der Waals surface area contributed by atoms with Crippen molar-refractivity contribution in [3.63, 3.8) is 0 Å². The van der Waals surface area contributed by atoms with Crippen molar-refractivity contribution in [1.82, 2.24) is 0 Å². The van der Waals surface area contributed by atoms with Crippen molar-refractivity contribution in [3.05, 3.63) is 23.8 Å². The lowest BCUT2D eigenvalue weighted by Crippen LogP contribution is -1.99. The first-order valence-corrected chi connectivity index (χ1v) is 4.11. The molecule has 0 unspecified atom stereocenters. The second-order valence-electron chi connectivity index (χ2n) is 3.07. The summed E-state index contributed by atoms with van der Waals surface area (Å²) in [5.74, 6) is 0.602. The average Bonchev–Trinajstić information content (AvgIpc) is 2.06. The molecule has 0 aromatic carbocycles. The summed E-state index contributed by atoms with van der Waals surface area (Å²) in [6, 6.07) is 0. The van der Waals surface area contributed by atoms with Crippen LogP contribution in [0.15, 0.2) is 23.8 Å². The van der Waals surface area contributed by atoms with Crippen molar-refractivity contribution in [2.45, 2.75) is 26.2 Å². The monoisotopic (exact) mass is 150 g/mol. The van der Waals surface area contributed by atoms with Crippen LogP contribution >= 0.6 is 0 Å². The van der Waals surface area contributed by atoms with Gasteiger partial charge in [0.25, 0.3) is 0 Å². The molecule has 0 saturated carbocycles. The van der Waals surface area contributed by atoms with Gasteiger partial charge in [0.05, 0.1) is 0 Å². The molecular weight excluding hydrogens is 136 g/mol. The molecule has 0 bridgehead atoms. The number of carbonyl (C=O) groups is 1. The maximum absolute atomic E-state index is 10.3. The summed E-state index contributed by atoms with van der Waals surface area (Å²) in [7, 11) is 0. The second kappa shape index (κ2) is 4.12. The number of hydrogen-bond acceptors (Lipinski definition) is 1. The molecule has 0 amide bonds. The van der Waals surface area contributed by atoms with E-state index in [1.807, 2.05) is 6.92 Å². The average molecular weight is 150 g/mol. The molecule has 1 heteroatoms. The summed E-state index contributed by atoms with van der Waals surface area (Å²) in [6.45, 7) is 1.87. The molecule has 0 heterocycles. The summed E-state index contributed by atoms with van der Waals surface area (Å²) in [6.07, 6.45) is 10.9. The number of allylic oxidation sites excluding steroid dienone is 4. The highest BCUT2D eigenvalue weighted by atomic mass is 16.1.